The van der Waals surface area contributed by atoms with Crippen LogP contribution < -0.4 is 5.32 Å². The van der Waals surface area contributed by atoms with Crippen molar-refractivity contribution < 1.29 is 4.42 Å². The number of nitrogens with one attached hydrogen (secondary N) is 1. The largest absolute Gasteiger partial charge is 0.467 e. The van der Waals surface area contributed by atoms with Gasteiger partial charge in [0, 0.05) is 5.69 Å². The van der Waals surface area contributed by atoms with Gasteiger partial charge >= 0.3 is 0 Å². The number of anilines is 1. The number of hydrogen-bond acceptors (Lipinski definition) is 2. The molecule has 0 amide bonds. The van der Waals surface area contributed by atoms with Gasteiger partial charge in [0.1, 0.15) is 5.76 Å². The molecule has 2 rings (SSSR count). The second-order valence-electron chi connectivity index (χ2n) is 5.05. The van der Waals surface area contributed by atoms with E-state index in [1.165, 1.54) is 11.1 Å². The Labute approximate surface area is 103 Å². The summed E-state index contributed by atoms with van der Waals surface area (Å²) in [5.41, 5.74) is 3.34. The Morgan fingerprint density at radius 3 is 2.47 bits per heavy atom. The Morgan fingerprint density at radius 1 is 1.12 bits per heavy atom. The van der Waals surface area contributed by atoms with E-state index in [1.54, 1.807) is 6.26 Å². The summed E-state index contributed by atoms with van der Waals surface area (Å²) in [6.45, 7) is 8.41. The minimum Gasteiger partial charge on any atom is -0.467 e. The van der Waals surface area contributed by atoms with E-state index in [4.69, 9.17) is 4.42 Å². The molecule has 17 heavy (non-hydrogen) atoms. The molecule has 0 saturated heterocycles. The molecule has 1 aromatic carbocycles. The average Bonchev–Trinajstić information content (AvgIpc) is 2.64. The van der Waals surface area contributed by atoms with Crippen LogP contribution >= 0.6 is 0 Å². The lowest BCUT2D eigenvalue weighted by Crippen LogP contribution is -2.28. The standard InChI is InChI=1S/C15H19NO/c1-11-6-5-7-13(10-11)16-15(3,4)14-12(2)8-9-17-14/h5-10,16H,1-4H3. The van der Waals surface area contributed by atoms with Gasteiger partial charge in [-0.05, 0) is 57.0 Å². The Kier molecular flexibility index (Phi) is 2.97. The Bertz CT molecular complexity index is 511. The van der Waals surface area contributed by atoms with Gasteiger partial charge in [0.2, 0.25) is 0 Å². The monoisotopic (exact) mass is 229 g/mol. The summed E-state index contributed by atoms with van der Waals surface area (Å²) < 4.78 is 5.57. The van der Waals surface area contributed by atoms with E-state index in [0.29, 0.717) is 0 Å². The van der Waals surface area contributed by atoms with E-state index in [-0.39, 0.29) is 5.54 Å². The van der Waals surface area contributed by atoms with Gasteiger partial charge in [-0.2, -0.15) is 0 Å². The van der Waals surface area contributed by atoms with Crippen molar-refractivity contribution in [3.8, 4) is 0 Å². The molecule has 0 fully saturated rings. The van der Waals surface area contributed by atoms with Gasteiger partial charge in [0.25, 0.3) is 0 Å². The van der Waals surface area contributed by atoms with Crippen LogP contribution in [0.15, 0.2) is 41.0 Å². The first kappa shape index (κ1) is 11.8. The fraction of sp³-hybridized carbons (Fsp3) is 0.333. The molecule has 2 heteroatoms. The van der Waals surface area contributed by atoms with Crippen LogP contribution in [0.5, 0.6) is 0 Å². The zero-order valence-corrected chi connectivity index (χ0v) is 10.9. The number of furan rings is 1. The maximum absolute atomic E-state index is 5.57. The number of benzene rings is 1. The van der Waals surface area contributed by atoms with E-state index in [9.17, 15) is 0 Å². The lowest BCUT2D eigenvalue weighted by atomic mass is 9.98. The first-order chi connectivity index (χ1) is 7.99. The summed E-state index contributed by atoms with van der Waals surface area (Å²) in [6, 6.07) is 10.4. The fourth-order valence-corrected chi connectivity index (χ4v) is 2.15. The van der Waals surface area contributed by atoms with Crippen LogP contribution in [0.3, 0.4) is 0 Å². The minimum absolute atomic E-state index is 0.207. The van der Waals surface area contributed by atoms with E-state index >= 15 is 0 Å². The second-order valence-corrected chi connectivity index (χ2v) is 5.05. The maximum Gasteiger partial charge on any atom is 0.131 e. The van der Waals surface area contributed by atoms with Crippen molar-refractivity contribution in [3.05, 3.63) is 53.5 Å². The highest BCUT2D eigenvalue weighted by molar-refractivity contribution is 5.48. The van der Waals surface area contributed by atoms with Crippen molar-refractivity contribution in [1.82, 2.24) is 0 Å². The van der Waals surface area contributed by atoms with E-state index < -0.39 is 0 Å². The van der Waals surface area contributed by atoms with Crippen molar-refractivity contribution in [2.24, 2.45) is 0 Å². The summed E-state index contributed by atoms with van der Waals surface area (Å²) >= 11 is 0. The third kappa shape index (κ3) is 2.52. The summed E-state index contributed by atoms with van der Waals surface area (Å²) in [7, 11) is 0. The topological polar surface area (TPSA) is 25.2 Å². The summed E-state index contributed by atoms with van der Waals surface area (Å²) in [5.74, 6) is 0.985. The van der Waals surface area contributed by atoms with Gasteiger partial charge in [0.05, 0.1) is 11.8 Å². The molecule has 2 aromatic rings. The molecule has 0 unspecified atom stereocenters. The van der Waals surface area contributed by atoms with Gasteiger partial charge in [-0.15, -0.1) is 0 Å². The van der Waals surface area contributed by atoms with Crippen LogP contribution in [-0.4, -0.2) is 0 Å². The zero-order valence-electron chi connectivity index (χ0n) is 10.9. The highest BCUT2D eigenvalue weighted by Crippen LogP contribution is 2.28. The molecule has 0 spiro atoms. The molecule has 0 aliphatic heterocycles. The Morgan fingerprint density at radius 2 is 1.88 bits per heavy atom. The molecule has 90 valence electrons. The highest BCUT2D eigenvalue weighted by atomic mass is 16.3. The normalized spacial score (nSPS) is 11.5. The molecule has 0 aliphatic carbocycles. The van der Waals surface area contributed by atoms with E-state index in [1.807, 2.05) is 6.07 Å². The first-order valence-electron chi connectivity index (χ1n) is 5.88. The van der Waals surface area contributed by atoms with Crippen LogP contribution in [0.1, 0.15) is 30.7 Å². The summed E-state index contributed by atoms with van der Waals surface area (Å²) in [6.07, 6.45) is 1.74. The molecule has 2 nitrogen and oxygen atoms in total. The predicted octanol–water partition coefficient (Wildman–Crippen LogP) is 4.24. The lowest BCUT2D eigenvalue weighted by Gasteiger charge is -2.26. The van der Waals surface area contributed by atoms with Crippen molar-refractivity contribution in [2.75, 3.05) is 5.32 Å². The van der Waals surface area contributed by atoms with Crippen LogP contribution in [0, 0.1) is 13.8 Å². The first-order valence-corrected chi connectivity index (χ1v) is 5.88. The minimum atomic E-state index is -0.207. The van der Waals surface area contributed by atoms with Crippen LogP contribution in [0.25, 0.3) is 0 Å². The quantitative estimate of drug-likeness (QED) is 0.851. The average molecular weight is 229 g/mol. The molecular formula is C15H19NO. The molecule has 1 aromatic heterocycles. The predicted molar refractivity (Wildman–Crippen MR) is 71.3 cm³/mol. The smallest absolute Gasteiger partial charge is 0.131 e. The van der Waals surface area contributed by atoms with Crippen molar-refractivity contribution in [3.63, 3.8) is 0 Å². The highest BCUT2D eigenvalue weighted by Gasteiger charge is 2.25. The SMILES string of the molecule is Cc1cccc(NC(C)(C)c2occc2C)c1. The molecule has 1 heterocycles. The van der Waals surface area contributed by atoms with Crippen molar-refractivity contribution in [1.29, 1.82) is 0 Å². The van der Waals surface area contributed by atoms with Crippen LogP contribution in [0.4, 0.5) is 5.69 Å². The third-order valence-electron chi connectivity index (χ3n) is 2.90. The molecule has 0 saturated carbocycles. The molecule has 0 atom stereocenters. The molecule has 0 radical (unpaired) electrons. The van der Waals surface area contributed by atoms with Crippen LogP contribution in [-0.2, 0) is 5.54 Å². The third-order valence-corrected chi connectivity index (χ3v) is 2.90. The summed E-state index contributed by atoms with van der Waals surface area (Å²) in [4.78, 5) is 0. The van der Waals surface area contributed by atoms with Gasteiger partial charge < -0.3 is 9.73 Å². The Balaban J connectivity index is 2.26. The van der Waals surface area contributed by atoms with Crippen molar-refractivity contribution in [2.45, 2.75) is 33.2 Å². The zero-order chi connectivity index (χ0) is 12.5. The number of rotatable bonds is 3. The van der Waals surface area contributed by atoms with Crippen LogP contribution in [0.2, 0.25) is 0 Å². The fourth-order valence-electron chi connectivity index (χ4n) is 2.15. The molecule has 1 N–H and O–H groups in total. The number of hydrogen-bond donors (Lipinski definition) is 1. The maximum atomic E-state index is 5.57. The molecule has 0 aliphatic rings. The van der Waals surface area contributed by atoms with Crippen molar-refractivity contribution >= 4 is 5.69 Å². The van der Waals surface area contributed by atoms with Gasteiger partial charge in [-0.3, -0.25) is 0 Å². The second kappa shape index (κ2) is 4.28. The molecule has 0 bridgehead atoms. The Hall–Kier alpha value is -1.70. The number of aryl methyl sites for hydroxylation is 2. The lowest BCUT2D eigenvalue weighted by molar-refractivity contribution is 0.415. The van der Waals surface area contributed by atoms with E-state index in [0.717, 1.165) is 11.4 Å². The van der Waals surface area contributed by atoms with E-state index in [2.05, 4.69) is 57.3 Å². The van der Waals surface area contributed by atoms with Gasteiger partial charge in [-0.25, -0.2) is 0 Å². The van der Waals surface area contributed by atoms with Gasteiger partial charge in [-0.1, -0.05) is 12.1 Å². The van der Waals surface area contributed by atoms with Gasteiger partial charge in [0.15, 0.2) is 0 Å². The molecular weight excluding hydrogens is 210 g/mol. The summed E-state index contributed by atoms with van der Waals surface area (Å²) in [5, 5.41) is 3.51.